The molecule has 0 aromatic heterocycles. The summed E-state index contributed by atoms with van der Waals surface area (Å²) in [4.78, 5) is 11.6. The SMILES string of the molecule is C#Cc1cccc(C(O)C(O)CCNC(=O)OCc2ccccc2)c1. The van der Waals surface area contributed by atoms with Gasteiger partial charge in [0.05, 0.1) is 6.10 Å². The van der Waals surface area contributed by atoms with Gasteiger partial charge in [0, 0.05) is 12.1 Å². The van der Waals surface area contributed by atoms with E-state index in [-0.39, 0.29) is 19.6 Å². The van der Waals surface area contributed by atoms with Crippen molar-refractivity contribution >= 4 is 6.09 Å². The Morgan fingerprint density at radius 1 is 1.16 bits per heavy atom. The standard InChI is InChI=1S/C20H21NO4/c1-2-15-9-6-10-17(13-15)19(23)18(22)11-12-21-20(24)25-14-16-7-4-3-5-8-16/h1,3-10,13,18-19,22-23H,11-12,14H2,(H,21,24). The summed E-state index contributed by atoms with van der Waals surface area (Å²) in [5.41, 5.74) is 2.06. The molecule has 3 N–H and O–H groups in total. The van der Waals surface area contributed by atoms with Gasteiger partial charge in [-0.15, -0.1) is 6.42 Å². The van der Waals surface area contributed by atoms with Crippen molar-refractivity contribution in [1.82, 2.24) is 5.32 Å². The number of rotatable bonds is 7. The van der Waals surface area contributed by atoms with Crippen LogP contribution >= 0.6 is 0 Å². The van der Waals surface area contributed by atoms with Gasteiger partial charge >= 0.3 is 6.09 Å². The quantitative estimate of drug-likeness (QED) is 0.677. The van der Waals surface area contributed by atoms with E-state index in [0.29, 0.717) is 11.1 Å². The van der Waals surface area contributed by atoms with Crippen LogP contribution in [0.1, 0.15) is 29.2 Å². The number of aliphatic hydroxyl groups is 2. The molecule has 25 heavy (non-hydrogen) atoms. The molecule has 0 fully saturated rings. The lowest BCUT2D eigenvalue weighted by Gasteiger charge is -2.18. The first-order valence-corrected chi connectivity index (χ1v) is 7.97. The zero-order valence-corrected chi connectivity index (χ0v) is 13.8. The predicted molar refractivity (Wildman–Crippen MR) is 94.6 cm³/mol. The highest BCUT2D eigenvalue weighted by Gasteiger charge is 2.18. The topological polar surface area (TPSA) is 78.8 Å². The van der Waals surface area contributed by atoms with Crippen LogP contribution in [0.15, 0.2) is 54.6 Å². The summed E-state index contributed by atoms with van der Waals surface area (Å²) >= 11 is 0. The molecule has 0 aliphatic heterocycles. The van der Waals surface area contributed by atoms with Crippen molar-refractivity contribution in [3.8, 4) is 12.3 Å². The van der Waals surface area contributed by atoms with E-state index in [1.807, 2.05) is 30.3 Å². The van der Waals surface area contributed by atoms with Gasteiger partial charge in [0.15, 0.2) is 0 Å². The molecule has 2 aromatic carbocycles. The molecule has 0 heterocycles. The highest BCUT2D eigenvalue weighted by Crippen LogP contribution is 2.19. The molecule has 0 spiro atoms. The number of alkyl carbamates (subject to hydrolysis) is 1. The third kappa shape index (κ3) is 5.96. The van der Waals surface area contributed by atoms with Crippen molar-refractivity contribution < 1.29 is 19.7 Å². The summed E-state index contributed by atoms with van der Waals surface area (Å²) in [6.45, 7) is 0.359. The smallest absolute Gasteiger partial charge is 0.407 e. The van der Waals surface area contributed by atoms with E-state index in [0.717, 1.165) is 5.56 Å². The number of benzene rings is 2. The van der Waals surface area contributed by atoms with Crippen LogP contribution in [0, 0.1) is 12.3 Å². The van der Waals surface area contributed by atoms with Crippen LogP contribution in [-0.4, -0.2) is 29.0 Å². The molecule has 1 amide bonds. The van der Waals surface area contributed by atoms with E-state index >= 15 is 0 Å². The molecule has 0 aliphatic carbocycles. The lowest BCUT2D eigenvalue weighted by molar-refractivity contribution is 0.0136. The third-order valence-corrected chi connectivity index (χ3v) is 3.68. The van der Waals surface area contributed by atoms with Crippen molar-refractivity contribution in [2.75, 3.05) is 6.54 Å². The summed E-state index contributed by atoms with van der Waals surface area (Å²) in [7, 11) is 0. The highest BCUT2D eigenvalue weighted by molar-refractivity contribution is 5.67. The van der Waals surface area contributed by atoms with Gasteiger partial charge in [-0.05, 0) is 29.7 Å². The highest BCUT2D eigenvalue weighted by atomic mass is 16.5. The van der Waals surface area contributed by atoms with Gasteiger partial charge in [0.2, 0.25) is 0 Å². The van der Waals surface area contributed by atoms with E-state index in [2.05, 4.69) is 11.2 Å². The molecule has 0 saturated heterocycles. The van der Waals surface area contributed by atoms with Crippen molar-refractivity contribution in [2.24, 2.45) is 0 Å². The molecule has 2 atom stereocenters. The van der Waals surface area contributed by atoms with E-state index in [4.69, 9.17) is 11.2 Å². The second-order valence-electron chi connectivity index (χ2n) is 5.56. The molecule has 5 heteroatoms. The lowest BCUT2D eigenvalue weighted by Crippen LogP contribution is -2.29. The first-order valence-electron chi connectivity index (χ1n) is 7.97. The van der Waals surface area contributed by atoms with Crippen molar-refractivity contribution in [1.29, 1.82) is 0 Å². The number of amides is 1. The number of nitrogens with one attached hydrogen (secondary N) is 1. The van der Waals surface area contributed by atoms with Gasteiger partial charge in [-0.3, -0.25) is 0 Å². The van der Waals surface area contributed by atoms with Crippen LogP contribution in [0.25, 0.3) is 0 Å². The number of aliphatic hydroxyl groups excluding tert-OH is 2. The maximum absolute atomic E-state index is 11.6. The number of carbonyl (C=O) groups is 1. The Morgan fingerprint density at radius 2 is 1.92 bits per heavy atom. The van der Waals surface area contributed by atoms with Crippen molar-refractivity contribution in [3.05, 3.63) is 71.3 Å². The Bertz CT molecular complexity index is 724. The van der Waals surface area contributed by atoms with Crippen LogP contribution in [0.5, 0.6) is 0 Å². The van der Waals surface area contributed by atoms with Gasteiger partial charge in [-0.25, -0.2) is 4.79 Å². The minimum atomic E-state index is -1.07. The van der Waals surface area contributed by atoms with Crippen molar-refractivity contribution in [3.63, 3.8) is 0 Å². The summed E-state index contributed by atoms with van der Waals surface area (Å²) in [5.74, 6) is 2.48. The third-order valence-electron chi connectivity index (χ3n) is 3.68. The molecule has 0 saturated carbocycles. The fraction of sp³-hybridized carbons (Fsp3) is 0.250. The van der Waals surface area contributed by atoms with Crippen LogP contribution in [0.3, 0.4) is 0 Å². The molecule has 5 nitrogen and oxygen atoms in total. The first kappa shape index (κ1) is 18.5. The van der Waals surface area contributed by atoms with Gasteiger partial charge in [0.25, 0.3) is 0 Å². The normalized spacial score (nSPS) is 12.7. The zero-order valence-electron chi connectivity index (χ0n) is 13.8. The van der Waals surface area contributed by atoms with Gasteiger partial charge in [-0.1, -0.05) is 48.4 Å². The average Bonchev–Trinajstić information content (AvgIpc) is 2.66. The Hall–Kier alpha value is -2.81. The number of hydrogen-bond acceptors (Lipinski definition) is 4. The minimum Gasteiger partial charge on any atom is -0.445 e. The number of hydrogen-bond donors (Lipinski definition) is 3. The largest absolute Gasteiger partial charge is 0.445 e. The van der Waals surface area contributed by atoms with Gasteiger partial charge in [-0.2, -0.15) is 0 Å². The summed E-state index contributed by atoms with van der Waals surface area (Å²) in [5, 5.41) is 22.8. The van der Waals surface area contributed by atoms with Crippen LogP contribution in [0.4, 0.5) is 4.79 Å². The lowest BCUT2D eigenvalue weighted by atomic mass is 10.0. The Morgan fingerprint density at radius 3 is 2.64 bits per heavy atom. The second kappa shape index (κ2) is 9.48. The van der Waals surface area contributed by atoms with Gasteiger partial charge in [0.1, 0.15) is 12.7 Å². The maximum Gasteiger partial charge on any atom is 0.407 e. The molecular formula is C20H21NO4. The van der Waals surface area contributed by atoms with E-state index in [1.54, 1.807) is 24.3 Å². The molecule has 2 rings (SSSR count). The summed E-state index contributed by atoms with van der Waals surface area (Å²) in [6.07, 6.45) is 2.84. The molecule has 0 radical (unpaired) electrons. The monoisotopic (exact) mass is 339 g/mol. The van der Waals surface area contributed by atoms with E-state index in [1.165, 1.54) is 0 Å². The number of ether oxygens (including phenoxy) is 1. The molecule has 0 aliphatic rings. The Labute approximate surface area is 147 Å². The molecule has 2 aromatic rings. The molecule has 0 bridgehead atoms. The Kier molecular flexibility index (Phi) is 7.02. The van der Waals surface area contributed by atoms with Gasteiger partial charge < -0.3 is 20.3 Å². The Balaban J connectivity index is 1.73. The van der Waals surface area contributed by atoms with E-state index < -0.39 is 18.3 Å². The minimum absolute atomic E-state index is 0.177. The van der Waals surface area contributed by atoms with Crippen LogP contribution in [0.2, 0.25) is 0 Å². The summed E-state index contributed by atoms with van der Waals surface area (Å²) < 4.78 is 5.07. The first-order chi connectivity index (χ1) is 12.1. The van der Waals surface area contributed by atoms with E-state index in [9.17, 15) is 15.0 Å². The summed E-state index contributed by atoms with van der Waals surface area (Å²) in [6, 6.07) is 16.1. The number of terminal acetylenes is 1. The predicted octanol–water partition coefficient (Wildman–Crippen LogP) is 2.38. The van der Waals surface area contributed by atoms with Crippen LogP contribution in [-0.2, 0) is 11.3 Å². The van der Waals surface area contributed by atoms with Crippen LogP contribution < -0.4 is 5.32 Å². The van der Waals surface area contributed by atoms with Crippen molar-refractivity contribution in [2.45, 2.75) is 25.2 Å². The zero-order chi connectivity index (χ0) is 18.1. The average molecular weight is 339 g/mol. The fourth-order valence-electron chi connectivity index (χ4n) is 2.29. The molecular weight excluding hydrogens is 318 g/mol. The second-order valence-corrected chi connectivity index (χ2v) is 5.56. The molecule has 130 valence electrons. The maximum atomic E-state index is 11.6. The molecule has 2 unspecified atom stereocenters. The fourth-order valence-corrected chi connectivity index (χ4v) is 2.29. The number of carbonyl (C=O) groups excluding carboxylic acids is 1.